The Morgan fingerprint density at radius 2 is 0.952 bits per heavy atom. The van der Waals surface area contributed by atoms with Gasteiger partial charge >= 0.3 is 0 Å². The van der Waals surface area contributed by atoms with Crippen molar-refractivity contribution in [3.8, 4) is 0 Å². The van der Waals surface area contributed by atoms with Crippen LogP contribution in [0, 0.1) is 0 Å². The minimum atomic E-state index is 0.0898. The predicted molar refractivity (Wildman–Crippen MR) is 96.0 cm³/mol. The summed E-state index contributed by atoms with van der Waals surface area (Å²) in [5, 5.41) is 0. The zero-order valence-electron chi connectivity index (χ0n) is 15.5. The molecule has 0 aromatic rings. The monoisotopic (exact) mass is 298 g/mol. The summed E-state index contributed by atoms with van der Waals surface area (Å²) in [5.74, 6) is 0. The molecule has 0 aliphatic carbocycles. The second-order valence-electron chi connectivity index (χ2n) is 7.19. The molecular formula is C20H42O. The fourth-order valence-electron chi connectivity index (χ4n) is 3.03. The number of rotatable bonds is 16. The van der Waals surface area contributed by atoms with Gasteiger partial charge in [0.1, 0.15) is 0 Å². The molecule has 0 unspecified atom stereocenters. The molecule has 1 nitrogen and oxygen atoms in total. The summed E-state index contributed by atoms with van der Waals surface area (Å²) in [6.07, 6.45) is 19.8. The Hall–Kier alpha value is -0.0400. The molecule has 128 valence electrons. The molecule has 0 bridgehead atoms. The van der Waals surface area contributed by atoms with Crippen LogP contribution < -0.4 is 0 Å². The van der Waals surface area contributed by atoms with Gasteiger partial charge in [-0.2, -0.15) is 0 Å². The average molecular weight is 299 g/mol. The Balaban J connectivity index is 3.12. The van der Waals surface area contributed by atoms with Crippen molar-refractivity contribution < 1.29 is 4.74 Å². The molecule has 0 aliphatic heterocycles. The van der Waals surface area contributed by atoms with E-state index in [4.69, 9.17) is 4.74 Å². The third-order valence-corrected chi connectivity index (χ3v) is 4.42. The number of unbranched alkanes of at least 4 members (excludes halogenated alkanes) is 12. The van der Waals surface area contributed by atoms with Crippen LogP contribution in [0.2, 0.25) is 0 Å². The Bertz CT molecular complexity index is 198. The van der Waals surface area contributed by atoms with Crippen molar-refractivity contribution in [3.63, 3.8) is 0 Å². The van der Waals surface area contributed by atoms with Gasteiger partial charge in [0.05, 0.1) is 5.60 Å². The van der Waals surface area contributed by atoms with Crippen molar-refractivity contribution in [3.05, 3.63) is 0 Å². The van der Waals surface area contributed by atoms with Crippen LogP contribution in [0.15, 0.2) is 0 Å². The lowest BCUT2D eigenvalue weighted by Gasteiger charge is -2.24. The standard InChI is InChI=1S/C20H42O/c1-5-7-8-9-10-11-12-13-14-15-16-17-18-19-20(3,4)21-6-2/h5-19H2,1-4H3. The van der Waals surface area contributed by atoms with Crippen LogP contribution in [0.4, 0.5) is 0 Å². The van der Waals surface area contributed by atoms with Crippen LogP contribution in [0.3, 0.4) is 0 Å². The molecule has 0 N–H and O–H groups in total. The van der Waals surface area contributed by atoms with E-state index in [1.54, 1.807) is 0 Å². The summed E-state index contributed by atoms with van der Waals surface area (Å²) < 4.78 is 5.74. The quantitative estimate of drug-likeness (QED) is 0.272. The van der Waals surface area contributed by atoms with Crippen LogP contribution in [0.1, 0.15) is 118 Å². The third kappa shape index (κ3) is 16.2. The van der Waals surface area contributed by atoms with E-state index in [-0.39, 0.29) is 5.60 Å². The van der Waals surface area contributed by atoms with Gasteiger partial charge in [0, 0.05) is 6.61 Å². The molecule has 1 heteroatoms. The molecule has 0 fully saturated rings. The highest BCUT2D eigenvalue weighted by molar-refractivity contribution is 4.67. The van der Waals surface area contributed by atoms with Crippen molar-refractivity contribution in [1.82, 2.24) is 0 Å². The van der Waals surface area contributed by atoms with Gasteiger partial charge in [0.25, 0.3) is 0 Å². The predicted octanol–water partition coefficient (Wildman–Crippen LogP) is 7.28. The van der Waals surface area contributed by atoms with Gasteiger partial charge in [0.15, 0.2) is 0 Å². The maximum Gasteiger partial charge on any atom is 0.0626 e. The van der Waals surface area contributed by atoms with Crippen LogP contribution >= 0.6 is 0 Å². The smallest absolute Gasteiger partial charge is 0.0626 e. The molecule has 0 atom stereocenters. The lowest BCUT2D eigenvalue weighted by atomic mass is 9.99. The summed E-state index contributed by atoms with van der Waals surface area (Å²) in [5.41, 5.74) is 0.0898. The van der Waals surface area contributed by atoms with Crippen LogP contribution in [-0.4, -0.2) is 12.2 Å². The van der Waals surface area contributed by atoms with Gasteiger partial charge in [-0.15, -0.1) is 0 Å². The summed E-state index contributed by atoms with van der Waals surface area (Å²) >= 11 is 0. The summed E-state index contributed by atoms with van der Waals surface area (Å²) in [6.45, 7) is 9.66. The summed E-state index contributed by atoms with van der Waals surface area (Å²) in [4.78, 5) is 0. The molecule has 0 saturated carbocycles. The van der Waals surface area contributed by atoms with Crippen molar-refractivity contribution in [1.29, 1.82) is 0 Å². The topological polar surface area (TPSA) is 9.23 Å². The minimum absolute atomic E-state index is 0.0898. The van der Waals surface area contributed by atoms with Gasteiger partial charge in [0.2, 0.25) is 0 Å². The van der Waals surface area contributed by atoms with Crippen molar-refractivity contribution in [2.75, 3.05) is 6.61 Å². The number of hydrogen-bond acceptors (Lipinski definition) is 1. The van der Waals surface area contributed by atoms with Crippen molar-refractivity contribution in [2.24, 2.45) is 0 Å². The molecular weight excluding hydrogens is 256 g/mol. The second kappa shape index (κ2) is 14.9. The van der Waals surface area contributed by atoms with Crippen molar-refractivity contribution in [2.45, 2.75) is 123 Å². The first kappa shape index (κ1) is 21.0. The van der Waals surface area contributed by atoms with Crippen LogP contribution in [0.25, 0.3) is 0 Å². The van der Waals surface area contributed by atoms with E-state index in [0.717, 1.165) is 6.61 Å². The van der Waals surface area contributed by atoms with E-state index in [1.165, 1.54) is 89.9 Å². The first-order valence-electron chi connectivity index (χ1n) is 9.76. The Morgan fingerprint density at radius 1 is 0.571 bits per heavy atom. The first-order chi connectivity index (χ1) is 10.1. The van der Waals surface area contributed by atoms with Crippen LogP contribution in [0.5, 0.6) is 0 Å². The van der Waals surface area contributed by atoms with E-state index >= 15 is 0 Å². The molecule has 0 rings (SSSR count). The maximum atomic E-state index is 5.74. The van der Waals surface area contributed by atoms with Gasteiger partial charge in [-0.3, -0.25) is 0 Å². The van der Waals surface area contributed by atoms with E-state index in [1.807, 2.05) is 0 Å². The first-order valence-corrected chi connectivity index (χ1v) is 9.76. The molecule has 0 aromatic heterocycles. The number of ether oxygens (including phenoxy) is 1. The van der Waals surface area contributed by atoms with Gasteiger partial charge < -0.3 is 4.74 Å². The molecule has 0 aliphatic rings. The third-order valence-electron chi connectivity index (χ3n) is 4.42. The van der Waals surface area contributed by atoms with E-state index in [2.05, 4.69) is 27.7 Å². The molecule has 0 aromatic carbocycles. The highest BCUT2D eigenvalue weighted by atomic mass is 16.5. The minimum Gasteiger partial charge on any atom is -0.376 e. The van der Waals surface area contributed by atoms with Gasteiger partial charge in [-0.05, 0) is 27.2 Å². The summed E-state index contributed by atoms with van der Waals surface area (Å²) in [7, 11) is 0. The lowest BCUT2D eigenvalue weighted by Crippen LogP contribution is -2.23. The Morgan fingerprint density at radius 3 is 1.33 bits per heavy atom. The van der Waals surface area contributed by atoms with E-state index < -0.39 is 0 Å². The molecule has 0 amide bonds. The second-order valence-corrected chi connectivity index (χ2v) is 7.19. The maximum absolute atomic E-state index is 5.74. The van der Waals surface area contributed by atoms with Gasteiger partial charge in [-0.25, -0.2) is 0 Å². The van der Waals surface area contributed by atoms with Crippen LogP contribution in [-0.2, 0) is 4.74 Å². The highest BCUT2D eigenvalue weighted by Crippen LogP contribution is 2.19. The summed E-state index contributed by atoms with van der Waals surface area (Å²) in [6, 6.07) is 0. The zero-order chi connectivity index (χ0) is 15.8. The van der Waals surface area contributed by atoms with E-state index in [9.17, 15) is 0 Å². The lowest BCUT2D eigenvalue weighted by molar-refractivity contribution is -0.0177. The molecule has 0 heterocycles. The highest BCUT2D eigenvalue weighted by Gasteiger charge is 2.16. The molecule has 21 heavy (non-hydrogen) atoms. The molecule has 0 radical (unpaired) electrons. The van der Waals surface area contributed by atoms with Crippen molar-refractivity contribution >= 4 is 0 Å². The SMILES string of the molecule is CCCCCCCCCCCCCCCC(C)(C)OCC. The molecule has 0 spiro atoms. The van der Waals surface area contributed by atoms with E-state index in [0.29, 0.717) is 0 Å². The fraction of sp³-hybridized carbons (Fsp3) is 1.00. The van der Waals surface area contributed by atoms with Gasteiger partial charge in [-0.1, -0.05) is 90.4 Å². The Kier molecular flexibility index (Phi) is 14.9. The number of hydrogen-bond donors (Lipinski definition) is 0. The normalized spacial score (nSPS) is 12.0. The zero-order valence-corrected chi connectivity index (χ0v) is 15.5. The molecule has 0 saturated heterocycles. The average Bonchev–Trinajstić information content (AvgIpc) is 2.44. The fourth-order valence-corrected chi connectivity index (χ4v) is 3.03. The largest absolute Gasteiger partial charge is 0.376 e. The Labute approximate surface area is 135 Å².